The monoisotopic (exact) mass is 360 g/mol. The Kier molecular flexibility index (Phi) is 5.06. The highest BCUT2D eigenvalue weighted by Gasteiger charge is 2.14. The molecule has 0 aliphatic heterocycles. The molecule has 2 aromatic carbocycles. The van der Waals surface area contributed by atoms with Gasteiger partial charge < -0.3 is 10.4 Å². The minimum atomic E-state index is -0.769. The highest BCUT2D eigenvalue weighted by molar-refractivity contribution is 6.31. The zero-order valence-corrected chi connectivity index (χ0v) is 13.7. The van der Waals surface area contributed by atoms with E-state index in [1.54, 1.807) is 12.1 Å². The highest BCUT2D eigenvalue weighted by Crippen LogP contribution is 2.20. The topological polar surface area (TPSA) is 80.0 Å². The number of aliphatic hydroxyl groups excluding tert-OH is 1. The number of nitrogens with zero attached hydrogens (tertiary/aromatic N) is 3. The standard InChI is InChI=1S/C17H14ClFN4O2/c18-13-8-12(6-7-14(13)19)20-17(25)15-9-23(22-21-15)10-16(24)11-4-2-1-3-5-11/h1-9,16,24H,10H2,(H,20,25). The summed E-state index contributed by atoms with van der Waals surface area (Å²) in [6.45, 7) is 0.159. The van der Waals surface area contributed by atoms with Crippen LogP contribution in [-0.4, -0.2) is 26.0 Å². The second kappa shape index (κ2) is 7.42. The number of nitrogens with one attached hydrogen (secondary N) is 1. The predicted octanol–water partition coefficient (Wildman–Crippen LogP) is 3.06. The van der Waals surface area contributed by atoms with Gasteiger partial charge >= 0.3 is 0 Å². The van der Waals surface area contributed by atoms with Crippen LogP contribution in [0.25, 0.3) is 0 Å². The molecule has 2 N–H and O–H groups in total. The number of hydrogen-bond acceptors (Lipinski definition) is 4. The molecule has 1 atom stereocenters. The fraction of sp³-hybridized carbons (Fsp3) is 0.118. The average Bonchev–Trinajstić information content (AvgIpc) is 3.07. The number of rotatable bonds is 5. The molecule has 3 rings (SSSR count). The van der Waals surface area contributed by atoms with Crippen LogP contribution in [0.15, 0.2) is 54.7 Å². The van der Waals surface area contributed by atoms with Crippen LogP contribution in [-0.2, 0) is 6.54 Å². The quantitative estimate of drug-likeness (QED) is 0.732. The number of amides is 1. The molecule has 0 saturated heterocycles. The number of anilines is 1. The molecule has 1 aromatic heterocycles. The molecular formula is C17H14ClFN4O2. The molecule has 128 valence electrons. The van der Waals surface area contributed by atoms with Crippen LogP contribution in [0.4, 0.5) is 10.1 Å². The molecule has 25 heavy (non-hydrogen) atoms. The van der Waals surface area contributed by atoms with E-state index in [0.717, 1.165) is 11.6 Å². The zero-order chi connectivity index (χ0) is 17.8. The van der Waals surface area contributed by atoms with E-state index in [2.05, 4.69) is 15.6 Å². The van der Waals surface area contributed by atoms with Gasteiger partial charge in [-0.3, -0.25) is 4.79 Å². The van der Waals surface area contributed by atoms with Crippen LogP contribution >= 0.6 is 11.6 Å². The molecule has 0 spiro atoms. The van der Waals surface area contributed by atoms with E-state index >= 15 is 0 Å². The van der Waals surface area contributed by atoms with Crippen molar-refractivity contribution in [1.29, 1.82) is 0 Å². The number of carbonyl (C=O) groups excluding carboxylic acids is 1. The fourth-order valence-corrected chi connectivity index (χ4v) is 2.40. The molecule has 8 heteroatoms. The smallest absolute Gasteiger partial charge is 0.277 e. The Morgan fingerprint density at radius 3 is 2.76 bits per heavy atom. The van der Waals surface area contributed by atoms with E-state index in [0.29, 0.717) is 5.69 Å². The van der Waals surface area contributed by atoms with Crippen molar-refractivity contribution in [2.24, 2.45) is 0 Å². The van der Waals surface area contributed by atoms with Gasteiger partial charge in [0.15, 0.2) is 5.69 Å². The highest BCUT2D eigenvalue weighted by atomic mass is 35.5. The van der Waals surface area contributed by atoms with Gasteiger partial charge in [0.1, 0.15) is 5.82 Å². The first-order chi connectivity index (χ1) is 12.0. The SMILES string of the molecule is O=C(Nc1ccc(F)c(Cl)c1)c1cn(CC(O)c2ccccc2)nn1. The fourth-order valence-electron chi connectivity index (χ4n) is 2.22. The van der Waals surface area contributed by atoms with Gasteiger partial charge in [-0.25, -0.2) is 9.07 Å². The van der Waals surface area contributed by atoms with Gasteiger partial charge in [0.25, 0.3) is 5.91 Å². The summed E-state index contributed by atoms with van der Waals surface area (Å²) in [6, 6.07) is 13.0. The van der Waals surface area contributed by atoms with Gasteiger partial charge in [0.2, 0.25) is 0 Å². The number of benzene rings is 2. The molecule has 1 amide bonds. The van der Waals surface area contributed by atoms with Gasteiger partial charge in [-0.15, -0.1) is 5.10 Å². The van der Waals surface area contributed by atoms with Crippen LogP contribution in [0.3, 0.4) is 0 Å². The zero-order valence-electron chi connectivity index (χ0n) is 12.9. The summed E-state index contributed by atoms with van der Waals surface area (Å²) in [4.78, 5) is 12.2. The first kappa shape index (κ1) is 17.1. The normalized spacial score (nSPS) is 12.0. The minimum Gasteiger partial charge on any atom is -0.386 e. The van der Waals surface area contributed by atoms with Crippen molar-refractivity contribution in [3.05, 3.63) is 76.8 Å². The second-order valence-electron chi connectivity index (χ2n) is 5.34. The second-order valence-corrected chi connectivity index (χ2v) is 5.74. The first-order valence-corrected chi connectivity index (χ1v) is 7.80. The number of aliphatic hydroxyl groups is 1. The summed E-state index contributed by atoms with van der Waals surface area (Å²) in [5.74, 6) is -1.08. The molecule has 3 aromatic rings. The lowest BCUT2D eigenvalue weighted by Gasteiger charge is -2.09. The lowest BCUT2D eigenvalue weighted by atomic mass is 10.1. The van der Waals surface area contributed by atoms with Gasteiger partial charge in [0.05, 0.1) is 23.9 Å². The van der Waals surface area contributed by atoms with Crippen LogP contribution in [0.5, 0.6) is 0 Å². The molecule has 0 aliphatic rings. The number of carbonyl (C=O) groups is 1. The van der Waals surface area contributed by atoms with Crippen molar-refractivity contribution < 1.29 is 14.3 Å². The van der Waals surface area contributed by atoms with Gasteiger partial charge in [-0.2, -0.15) is 0 Å². The van der Waals surface area contributed by atoms with Gasteiger partial charge in [-0.1, -0.05) is 47.1 Å². The largest absolute Gasteiger partial charge is 0.386 e. The van der Waals surface area contributed by atoms with Crippen molar-refractivity contribution in [3.8, 4) is 0 Å². The summed E-state index contributed by atoms with van der Waals surface area (Å²) >= 11 is 5.68. The summed E-state index contributed by atoms with van der Waals surface area (Å²) in [7, 11) is 0. The van der Waals surface area contributed by atoms with Crippen molar-refractivity contribution >= 4 is 23.2 Å². The molecule has 1 heterocycles. The van der Waals surface area contributed by atoms with Crippen molar-refractivity contribution in [1.82, 2.24) is 15.0 Å². The number of aromatic nitrogens is 3. The average molecular weight is 361 g/mol. The maximum Gasteiger partial charge on any atom is 0.277 e. The molecule has 0 bridgehead atoms. The Labute approximate surface area is 147 Å². The molecular weight excluding hydrogens is 347 g/mol. The predicted molar refractivity (Wildman–Crippen MR) is 90.8 cm³/mol. The molecule has 0 saturated carbocycles. The molecule has 0 aliphatic carbocycles. The van der Waals surface area contributed by atoms with E-state index in [1.807, 2.05) is 18.2 Å². The lowest BCUT2D eigenvalue weighted by Crippen LogP contribution is -2.12. The van der Waals surface area contributed by atoms with Crippen LogP contribution in [0.2, 0.25) is 5.02 Å². The summed E-state index contributed by atoms with van der Waals surface area (Å²) in [5.41, 5.74) is 1.15. The Hall–Kier alpha value is -2.77. The Bertz CT molecular complexity index is 885. The third-order valence-corrected chi connectivity index (χ3v) is 3.78. The molecule has 1 unspecified atom stereocenters. The minimum absolute atomic E-state index is 0.0701. The molecule has 6 nitrogen and oxygen atoms in total. The summed E-state index contributed by atoms with van der Waals surface area (Å²) in [6.07, 6.45) is 0.654. The number of hydrogen-bond donors (Lipinski definition) is 2. The van der Waals surface area contributed by atoms with Crippen molar-refractivity contribution in [2.75, 3.05) is 5.32 Å². The third-order valence-electron chi connectivity index (χ3n) is 3.49. The van der Waals surface area contributed by atoms with Crippen molar-refractivity contribution in [3.63, 3.8) is 0 Å². The van der Waals surface area contributed by atoms with Crippen LogP contribution in [0.1, 0.15) is 22.2 Å². The maximum absolute atomic E-state index is 13.1. The Balaban J connectivity index is 1.66. The third kappa shape index (κ3) is 4.20. The van der Waals surface area contributed by atoms with Crippen LogP contribution in [0, 0.1) is 5.82 Å². The number of halogens is 2. The maximum atomic E-state index is 13.1. The van der Waals surface area contributed by atoms with Gasteiger partial charge in [0, 0.05) is 5.69 Å². The van der Waals surface area contributed by atoms with Crippen molar-refractivity contribution in [2.45, 2.75) is 12.6 Å². The van der Waals surface area contributed by atoms with E-state index in [1.165, 1.54) is 23.0 Å². The van der Waals surface area contributed by atoms with E-state index in [9.17, 15) is 14.3 Å². The molecule has 0 fully saturated rings. The Morgan fingerprint density at radius 1 is 1.28 bits per heavy atom. The Morgan fingerprint density at radius 2 is 2.04 bits per heavy atom. The molecule has 0 radical (unpaired) electrons. The van der Waals surface area contributed by atoms with Gasteiger partial charge in [-0.05, 0) is 23.8 Å². The summed E-state index contributed by atoms with van der Waals surface area (Å²) in [5, 5.41) is 20.3. The first-order valence-electron chi connectivity index (χ1n) is 7.42. The van der Waals surface area contributed by atoms with Crippen LogP contribution < -0.4 is 5.32 Å². The lowest BCUT2D eigenvalue weighted by molar-refractivity contribution is 0.102. The summed E-state index contributed by atoms with van der Waals surface area (Å²) < 4.78 is 14.5. The van der Waals surface area contributed by atoms with E-state index < -0.39 is 17.8 Å². The van der Waals surface area contributed by atoms with E-state index in [4.69, 9.17) is 11.6 Å². The van der Waals surface area contributed by atoms with E-state index in [-0.39, 0.29) is 17.3 Å².